The number of phenolic OH excluding ortho intramolecular Hbond substituents is 1. The summed E-state index contributed by atoms with van der Waals surface area (Å²) in [7, 11) is -3.11. The first-order chi connectivity index (χ1) is 7.88. The van der Waals surface area contributed by atoms with E-state index in [-0.39, 0.29) is 11.4 Å². The molecule has 0 amide bonds. The Kier molecular flexibility index (Phi) is 6.49. The van der Waals surface area contributed by atoms with Crippen LogP contribution in [0.2, 0.25) is 0 Å². The Morgan fingerprint density at radius 3 is 2.24 bits per heavy atom. The maximum atomic E-state index is 10.3. The number of nitro benzene ring substituents is 1. The molecule has 0 saturated carbocycles. The molecule has 0 fully saturated rings. The average Bonchev–Trinajstić information content (AvgIpc) is 2.20. The maximum Gasteiger partial charge on any atom is 0.425 e. The van der Waals surface area contributed by atoms with Crippen LogP contribution >= 0.6 is 0 Å². The molecule has 8 heteroatoms. The van der Waals surface area contributed by atoms with Gasteiger partial charge in [-0.2, -0.15) is 0 Å². The molecular weight excluding hydrogens is 250 g/mol. The van der Waals surface area contributed by atoms with Crippen molar-refractivity contribution in [2.45, 2.75) is 19.8 Å². The van der Waals surface area contributed by atoms with Gasteiger partial charge in [0.1, 0.15) is 5.75 Å². The minimum Gasteiger partial charge on any atom is -0.507 e. The molecular formula is C9H11NO6S. The largest absolute Gasteiger partial charge is 0.507 e. The second-order valence-corrected chi connectivity index (χ2v) is 3.43. The van der Waals surface area contributed by atoms with Gasteiger partial charge in [-0.05, 0) is 18.1 Å². The van der Waals surface area contributed by atoms with Crippen molar-refractivity contribution in [1.82, 2.24) is 0 Å². The fourth-order valence-electron chi connectivity index (χ4n) is 1.15. The van der Waals surface area contributed by atoms with Crippen LogP contribution < -0.4 is 0 Å². The van der Waals surface area contributed by atoms with E-state index < -0.39 is 15.5 Å². The van der Waals surface area contributed by atoms with Crippen molar-refractivity contribution in [3.8, 4) is 5.75 Å². The predicted octanol–water partition coefficient (Wildman–Crippen LogP) is 1.25. The van der Waals surface area contributed by atoms with Crippen molar-refractivity contribution in [1.29, 1.82) is 0 Å². The number of benzene rings is 1. The molecule has 0 aliphatic heterocycles. The van der Waals surface area contributed by atoms with Gasteiger partial charge in [-0.15, -0.1) is 12.6 Å². The summed E-state index contributed by atoms with van der Waals surface area (Å²) in [6, 6.07) is 4.19. The third-order valence-corrected chi connectivity index (χ3v) is 1.80. The van der Waals surface area contributed by atoms with Crippen molar-refractivity contribution in [2.75, 3.05) is 0 Å². The Labute approximate surface area is 98.9 Å². The highest BCUT2D eigenvalue weighted by Crippen LogP contribution is 2.24. The van der Waals surface area contributed by atoms with E-state index in [0.717, 1.165) is 18.4 Å². The quantitative estimate of drug-likeness (QED) is 0.646. The second-order valence-electron chi connectivity index (χ2n) is 3.02. The van der Waals surface area contributed by atoms with Crippen molar-refractivity contribution in [2.24, 2.45) is 0 Å². The summed E-state index contributed by atoms with van der Waals surface area (Å²) in [5.41, 5.74) is 0.686. The first-order valence-corrected chi connectivity index (χ1v) is 5.61. The molecule has 0 aliphatic rings. The number of nitrogens with zero attached hydrogens (tertiary/aromatic N) is 1. The molecule has 0 aliphatic carbocycles. The molecule has 1 aromatic carbocycles. The van der Waals surface area contributed by atoms with Gasteiger partial charge in [0.15, 0.2) is 0 Å². The zero-order valence-electron chi connectivity index (χ0n) is 8.99. The van der Waals surface area contributed by atoms with Crippen LogP contribution in [-0.2, 0) is 17.0 Å². The minimum atomic E-state index is -3.11. The molecule has 1 rings (SSSR count). The molecule has 0 aromatic heterocycles. The zero-order chi connectivity index (χ0) is 13.4. The first kappa shape index (κ1) is 15.0. The van der Waals surface area contributed by atoms with E-state index in [9.17, 15) is 15.2 Å². The maximum absolute atomic E-state index is 10.3. The smallest absolute Gasteiger partial charge is 0.425 e. The Morgan fingerprint density at radius 2 is 1.88 bits per heavy atom. The lowest BCUT2D eigenvalue weighted by atomic mass is 10.1. The molecule has 7 nitrogen and oxygen atoms in total. The van der Waals surface area contributed by atoms with Gasteiger partial charge in [-0.1, -0.05) is 13.3 Å². The monoisotopic (exact) mass is 261 g/mol. The number of hydrogen-bond acceptors (Lipinski definition) is 6. The van der Waals surface area contributed by atoms with E-state index in [1.807, 2.05) is 6.92 Å². The second kappa shape index (κ2) is 7.34. The molecule has 17 heavy (non-hydrogen) atoms. The van der Waals surface area contributed by atoms with E-state index in [1.54, 1.807) is 6.07 Å². The highest BCUT2D eigenvalue weighted by Gasteiger charge is 2.08. The summed E-state index contributed by atoms with van der Waals surface area (Å²) in [6.45, 7) is 1.99. The number of aromatic hydroxyl groups is 1. The third kappa shape index (κ3) is 6.25. The lowest BCUT2D eigenvalue weighted by Crippen LogP contribution is -1.90. The summed E-state index contributed by atoms with van der Waals surface area (Å²) in [5.74, 6) is 0.0102. The fourth-order valence-corrected chi connectivity index (χ4v) is 1.15. The van der Waals surface area contributed by atoms with E-state index >= 15 is 0 Å². The molecule has 0 saturated heterocycles. The van der Waals surface area contributed by atoms with Gasteiger partial charge in [0, 0.05) is 6.07 Å². The van der Waals surface area contributed by atoms with Crippen LogP contribution in [0.1, 0.15) is 18.9 Å². The number of hydrogen-bond donors (Lipinski definition) is 1. The molecule has 1 N–H and O–H groups in total. The normalized spacial score (nSPS) is 9.00. The third-order valence-electron chi connectivity index (χ3n) is 1.80. The summed E-state index contributed by atoms with van der Waals surface area (Å²) in [6.07, 6.45) is 1.65. The van der Waals surface area contributed by atoms with E-state index in [4.69, 9.17) is 12.6 Å². The van der Waals surface area contributed by atoms with Crippen LogP contribution in [0.25, 0.3) is 0 Å². The lowest BCUT2D eigenvalue weighted by molar-refractivity contribution is -0.384. The van der Waals surface area contributed by atoms with E-state index in [0.29, 0.717) is 0 Å². The van der Waals surface area contributed by atoms with Crippen LogP contribution in [-0.4, -0.2) is 22.7 Å². The van der Waals surface area contributed by atoms with Crippen LogP contribution in [0, 0.1) is 10.1 Å². The first-order valence-electron chi connectivity index (χ1n) is 4.61. The highest BCUT2D eigenvalue weighted by atomic mass is 32.2. The molecule has 0 bridgehead atoms. The summed E-state index contributed by atoms with van der Waals surface area (Å²) in [5, 5.41) is 19.7. The topological polar surface area (TPSA) is 115 Å². The van der Waals surface area contributed by atoms with Crippen LogP contribution in [0.15, 0.2) is 18.2 Å². The van der Waals surface area contributed by atoms with Crippen molar-refractivity contribution in [3.63, 3.8) is 0 Å². The Bertz CT molecular complexity index is 488. The SMILES string of the molecule is CCCc1ccc([N+](=O)[O-])cc1O.O=S(=O)=O. The van der Waals surface area contributed by atoms with Crippen molar-refractivity contribution >= 4 is 16.3 Å². The summed E-state index contributed by atoms with van der Waals surface area (Å²) >= 11 is 0. The van der Waals surface area contributed by atoms with Gasteiger partial charge in [-0.3, -0.25) is 10.1 Å². The van der Waals surface area contributed by atoms with E-state index in [2.05, 4.69) is 0 Å². The van der Waals surface area contributed by atoms with Gasteiger partial charge >= 0.3 is 10.6 Å². The molecule has 0 heterocycles. The predicted molar refractivity (Wildman–Crippen MR) is 58.5 cm³/mol. The highest BCUT2D eigenvalue weighted by molar-refractivity contribution is 7.59. The number of non-ortho nitro benzene ring substituents is 1. The number of nitro groups is 1. The van der Waals surface area contributed by atoms with Crippen LogP contribution in [0.5, 0.6) is 5.75 Å². The number of rotatable bonds is 3. The fraction of sp³-hybridized carbons (Fsp3) is 0.333. The van der Waals surface area contributed by atoms with Crippen molar-refractivity contribution < 1.29 is 22.7 Å². The molecule has 0 spiro atoms. The molecule has 1 aromatic rings. The van der Waals surface area contributed by atoms with Gasteiger partial charge in [-0.25, -0.2) is 0 Å². The number of aryl methyl sites for hydroxylation is 1. The van der Waals surface area contributed by atoms with Crippen LogP contribution in [0.3, 0.4) is 0 Å². The average molecular weight is 261 g/mol. The minimum absolute atomic E-state index is 0.0102. The molecule has 0 unspecified atom stereocenters. The van der Waals surface area contributed by atoms with Gasteiger partial charge in [0.05, 0.1) is 11.0 Å². The molecule has 0 radical (unpaired) electrons. The van der Waals surface area contributed by atoms with E-state index in [1.165, 1.54) is 12.1 Å². The standard InChI is InChI=1S/C9H11NO3.O3S/c1-2-3-7-4-5-8(10(12)13)6-9(7)11;1-4(2)3/h4-6,11H,2-3H2,1H3;. The molecule has 0 atom stereocenters. The van der Waals surface area contributed by atoms with Crippen molar-refractivity contribution in [3.05, 3.63) is 33.9 Å². The summed E-state index contributed by atoms with van der Waals surface area (Å²) in [4.78, 5) is 9.80. The van der Waals surface area contributed by atoms with Gasteiger partial charge < -0.3 is 5.11 Å². The van der Waals surface area contributed by atoms with Crippen LogP contribution in [0.4, 0.5) is 5.69 Å². The Morgan fingerprint density at radius 1 is 1.35 bits per heavy atom. The van der Waals surface area contributed by atoms with Gasteiger partial charge in [0.25, 0.3) is 5.69 Å². The summed E-state index contributed by atoms with van der Waals surface area (Å²) < 4.78 is 25.3. The number of phenols is 1. The Hall–Kier alpha value is -1.96. The van der Waals surface area contributed by atoms with Gasteiger partial charge in [0.2, 0.25) is 0 Å². The Balaban J connectivity index is 0.000000557. The lowest BCUT2D eigenvalue weighted by Gasteiger charge is -2.01. The molecule has 94 valence electrons. The zero-order valence-corrected chi connectivity index (χ0v) is 9.81.